The summed E-state index contributed by atoms with van der Waals surface area (Å²) in [7, 11) is 0. The molecule has 0 aliphatic heterocycles. The van der Waals surface area contributed by atoms with E-state index in [4.69, 9.17) is 11.7 Å². The fraction of sp³-hybridized carbons (Fsp3) is 0. The zero-order valence-corrected chi connectivity index (χ0v) is 7.50. The van der Waals surface area contributed by atoms with Crippen molar-refractivity contribution in [2.75, 3.05) is 0 Å². The van der Waals surface area contributed by atoms with Crippen LogP contribution in [0.4, 0.5) is 5.69 Å². The Bertz CT molecular complexity index is 368. The molecule has 12 heavy (non-hydrogen) atoms. The molecule has 0 bridgehead atoms. The summed E-state index contributed by atoms with van der Waals surface area (Å²) in [6.45, 7) is 6.67. The Morgan fingerprint density at radius 1 is 1.58 bits per heavy atom. The maximum Gasteiger partial charge on any atom is 0.335 e. The van der Waals surface area contributed by atoms with E-state index in [0.29, 0.717) is 10.2 Å². The Kier molecular flexibility index (Phi) is 2.46. The highest BCUT2D eigenvalue weighted by molar-refractivity contribution is 9.10. The fourth-order valence-corrected chi connectivity index (χ4v) is 1.16. The van der Waals surface area contributed by atoms with Crippen molar-refractivity contribution in [1.29, 1.82) is 0 Å². The molecular weight excluding hydrogens is 222 g/mol. The molecule has 0 aliphatic carbocycles. The van der Waals surface area contributed by atoms with Crippen LogP contribution in [-0.2, 0) is 0 Å². The van der Waals surface area contributed by atoms with E-state index in [-0.39, 0.29) is 5.56 Å². The van der Waals surface area contributed by atoms with Crippen LogP contribution in [0.1, 0.15) is 10.4 Å². The van der Waals surface area contributed by atoms with Gasteiger partial charge in [0.2, 0.25) is 0 Å². The molecule has 0 radical (unpaired) electrons. The van der Waals surface area contributed by atoms with Crippen molar-refractivity contribution in [2.45, 2.75) is 0 Å². The van der Waals surface area contributed by atoms with Crippen LogP contribution in [0.3, 0.4) is 0 Å². The van der Waals surface area contributed by atoms with E-state index < -0.39 is 5.97 Å². The molecule has 0 spiro atoms. The second-order valence-electron chi connectivity index (χ2n) is 2.08. The van der Waals surface area contributed by atoms with Crippen LogP contribution in [0.2, 0.25) is 0 Å². The number of rotatable bonds is 1. The Morgan fingerprint density at radius 3 is 2.75 bits per heavy atom. The summed E-state index contributed by atoms with van der Waals surface area (Å²) >= 11 is 3.08. The lowest BCUT2D eigenvalue weighted by Gasteiger charge is -1.97. The minimum Gasteiger partial charge on any atom is -0.478 e. The third-order valence-electron chi connectivity index (χ3n) is 1.31. The maximum atomic E-state index is 10.6. The number of benzene rings is 1. The quantitative estimate of drug-likeness (QED) is 0.748. The number of halogens is 1. The molecule has 0 aliphatic rings. The minimum absolute atomic E-state index is 0.114. The van der Waals surface area contributed by atoms with Gasteiger partial charge in [-0.3, -0.25) is 0 Å². The van der Waals surface area contributed by atoms with Crippen molar-refractivity contribution in [3.8, 4) is 0 Å². The first-order valence-corrected chi connectivity index (χ1v) is 3.84. The van der Waals surface area contributed by atoms with E-state index in [2.05, 4.69) is 20.8 Å². The predicted octanol–water partition coefficient (Wildman–Crippen LogP) is 2.70. The smallest absolute Gasteiger partial charge is 0.335 e. The molecule has 0 atom stereocenters. The summed E-state index contributed by atoms with van der Waals surface area (Å²) in [5.41, 5.74) is 0.444. The maximum absolute atomic E-state index is 10.6. The zero-order valence-electron chi connectivity index (χ0n) is 5.91. The molecule has 1 N–H and O–H groups in total. The number of carboxylic acid groups (broad SMARTS) is 1. The van der Waals surface area contributed by atoms with Crippen molar-refractivity contribution in [3.63, 3.8) is 0 Å². The van der Waals surface area contributed by atoms with Crippen LogP contribution in [0.25, 0.3) is 4.85 Å². The van der Waals surface area contributed by atoms with Crippen LogP contribution in [0.5, 0.6) is 0 Å². The van der Waals surface area contributed by atoms with Gasteiger partial charge in [-0.15, -0.1) is 0 Å². The van der Waals surface area contributed by atoms with Crippen molar-refractivity contribution < 1.29 is 9.90 Å². The number of hydrogen-bond acceptors (Lipinski definition) is 1. The monoisotopic (exact) mass is 225 g/mol. The Labute approximate surface area is 77.6 Å². The average Bonchev–Trinajstić information content (AvgIpc) is 2.05. The van der Waals surface area contributed by atoms with Gasteiger partial charge < -0.3 is 5.11 Å². The number of hydrogen-bond donors (Lipinski definition) is 1. The van der Waals surface area contributed by atoms with Crippen molar-refractivity contribution >= 4 is 27.6 Å². The van der Waals surface area contributed by atoms with Crippen molar-refractivity contribution in [3.05, 3.63) is 39.7 Å². The Balaban J connectivity index is 3.28. The number of carboxylic acids is 1. The molecule has 0 fully saturated rings. The second-order valence-corrected chi connectivity index (χ2v) is 2.94. The minimum atomic E-state index is -1.03. The van der Waals surface area contributed by atoms with Gasteiger partial charge in [0.15, 0.2) is 5.69 Å². The average molecular weight is 226 g/mol. The molecule has 4 heteroatoms. The highest BCUT2D eigenvalue weighted by Crippen LogP contribution is 2.22. The first-order valence-electron chi connectivity index (χ1n) is 3.05. The van der Waals surface area contributed by atoms with E-state index in [0.717, 1.165) is 0 Å². The molecule has 3 nitrogen and oxygen atoms in total. The molecule has 0 heterocycles. The van der Waals surface area contributed by atoms with Crippen LogP contribution in [0, 0.1) is 6.57 Å². The summed E-state index contributed by atoms with van der Waals surface area (Å²) in [5, 5.41) is 8.65. The fourth-order valence-electron chi connectivity index (χ4n) is 0.747. The van der Waals surface area contributed by atoms with E-state index >= 15 is 0 Å². The van der Waals surface area contributed by atoms with Crippen LogP contribution >= 0.6 is 15.9 Å². The molecule has 0 amide bonds. The third-order valence-corrected chi connectivity index (χ3v) is 2.00. The zero-order chi connectivity index (χ0) is 9.14. The van der Waals surface area contributed by atoms with Gasteiger partial charge in [0.05, 0.1) is 12.1 Å². The van der Waals surface area contributed by atoms with Crippen molar-refractivity contribution in [2.24, 2.45) is 0 Å². The van der Waals surface area contributed by atoms with Gasteiger partial charge in [0.25, 0.3) is 0 Å². The SMILES string of the molecule is [C-]#[N+]c1ccc(Br)c(C(=O)O)c1. The summed E-state index contributed by atoms with van der Waals surface area (Å²) < 4.78 is 0.488. The van der Waals surface area contributed by atoms with E-state index in [1.54, 1.807) is 12.1 Å². The number of aromatic carboxylic acids is 1. The topological polar surface area (TPSA) is 41.7 Å². The van der Waals surface area contributed by atoms with Crippen molar-refractivity contribution in [1.82, 2.24) is 0 Å². The molecule has 1 rings (SSSR count). The highest BCUT2D eigenvalue weighted by Gasteiger charge is 2.07. The summed E-state index contributed by atoms with van der Waals surface area (Å²) in [6, 6.07) is 4.44. The molecular formula is C8H4BrNO2. The largest absolute Gasteiger partial charge is 0.478 e. The third kappa shape index (κ3) is 1.63. The van der Waals surface area contributed by atoms with Gasteiger partial charge in [0, 0.05) is 4.47 Å². The van der Waals surface area contributed by atoms with E-state index in [1.165, 1.54) is 6.07 Å². The van der Waals surface area contributed by atoms with Gasteiger partial charge in [-0.25, -0.2) is 9.64 Å². The van der Waals surface area contributed by atoms with Gasteiger partial charge in [-0.1, -0.05) is 28.1 Å². The van der Waals surface area contributed by atoms with Crippen LogP contribution < -0.4 is 0 Å². The Hall–Kier alpha value is -1.34. The van der Waals surface area contributed by atoms with E-state index in [9.17, 15) is 4.79 Å². The van der Waals surface area contributed by atoms with E-state index in [1.807, 2.05) is 0 Å². The van der Waals surface area contributed by atoms with Crippen LogP contribution in [0.15, 0.2) is 22.7 Å². The summed E-state index contributed by atoms with van der Waals surface area (Å²) in [6.07, 6.45) is 0. The molecule has 0 saturated heterocycles. The molecule has 0 saturated carbocycles. The highest BCUT2D eigenvalue weighted by atomic mass is 79.9. The molecule has 0 unspecified atom stereocenters. The first kappa shape index (κ1) is 8.75. The van der Waals surface area contributed by atoms with Crippen LogP contribution in [-0.4, -0.2) is 11.1 Å². The molecule has 0 aromatic heterocycles. The summed E-state index contributed by atoms with van der Waals surface area (Å²) in [5.74, 6) is -1.03. The Morgan fingerprint density at radius 2 is 2.25 bits per heavy atom. The predicted molar refractivity (Wildman–Crippen MR) is 47.4 cm³/mol. The normalized spacial score (nSPS) is 9.00. The second kappa shape index (κ2) is 3.37. The summed E-state index contributed by atoms with van der Waals surface area (Å²) in [4.78, 5) is 13.7. The van der Waals surface area contributed by atoms with Gasteiger partial charge in [0.1, 0.15) is 0 Å². The lowest BCUT2D eigenvalue weighted by Crippen LogP contribution is -1.96. The van der Waals surface area contributed by atoms with Gasteiger partial charge in [-0.2, -0.15) is 0 Å². The number of nitrogens with zero attached hydrogens (tertiary/aromatic N) is 1. The van der Waals surface area contributed by atoms with Gasteiger partial charge >= 0.3 is 5.97 Å². The molecule has 1 aromatic rings. The number of carbonyl (C=O) groups is 1. The van der Waals surface area contributed by atoms with Gasteiger partial charge in [-0.05, 0) is 6.07 Å². The molecule has 1 aromatic carbocycles. The lowest BCUT2D eigenvalue weighted by molar-refractivity contribution is 0.0696. The lowest BCUT2D eigenvalue weighted by atomic mass is 10.2. The first-order chi connectivity index (χ1) is 5.65. The standard InChI is InChI=1S/C8H4BrNO2/c1-10-5-2-3-7(9)6(4-5)8(11)12/h2-4H,(H,11,12). The molecule has 60 valence electrons.